The van der Waals surface area contributed by atoms with Crippen LogP contribution < -0.4 is 0 Å². The molecule has 0 aromatic heterocycles. The Morgan fingerprint density at radius 1 is 0.600 bits per heavy atom. The van der Waals surface area contributed by atoms with Gasteiger partial charge in [0.05, 0.1) is 0 Å². The summed E-state index contributed by atoms with van der Waals surface area (Å²) in [5.41, 5.74) is 3.92. The van der Waals surface area contributed by atoms with Crippen LogP contribution in [0, 0.1) is 0 Å². The first-order chi connectivity index (χ1) is 14.7. The zero-order chi connectivity index (χ0) is 20.8. The Kier molecular flexibility index (Phi) is 7.08. The average Bonchev–Trinajstić information content (AvgIpc) is 2.77. The lowest BCUT2D eigenvalue weighted by Crippen LogP contribution is -2.29. The molecule has 160 valence electrons. The van der Waals surface area contributed by atoms with Crippen molar-refractivity contribution in [3.8, 4) is 11.5 Å². The number of piperidine rings is 2. The fraction of sp³-hybridized carbons (Fsp3) is 0.462. The van der Waals surface area contributed by atoms with Crippen molar-refractivity contribution in [3.63, 3.8) is 0 Å². The van der Waals surface area contributed by atoms with E-state index in [1.807, 2.05) is 36.4 Å². The van der Waals surface area contributed by atoms with Crippen molar-refractivity contribution in [2.75, 3.05) is 26.2 Å². The number of aromatic hydroxyl groups is 2. The summed E-state index contributed by atoms with van der Waals surface area (Å²) in [4.78, 5) is 4.84. The molecule has 0 unspecified atom stereocenters. The molecule has 2 aliphatic rings. The molecule has 0 aliphatic carbocycles. The van der Waals surface area contributed by atoms with Crippen LogP contribution in [0.3, 0.4) is 0 Å². The van der Waals surface area contributed by atoms with Gasteiger partial charge in [0.25, 0.3) is 0 Å². The van der Waals surface area contributed by atoms with Crippen molar-refractivity contribution in [3.05, 3.63) is 58.7 Å². The Balaban J connectivity index is 1.38. The lowest BCUT2D eigenvalue weighted by Gasteiger charge is -2.26. The summed E-state index contributed by atoms with van der Waals surface area (Å²) >= 11 is 0. The van der Waals surface area contributed by atoms with Crippen LogP contribution in [0.25, 0.3) is 12.2 Å². The zero-order valence-electron chi connectivity index (χ0n) is 17.9. The fourth-order valence-corrected chi connectivity index (χ4v) is 4.55. The van der Waals surface area contributed by atoms with Gasteiger partial charge in [-0.15, -0.1) is 0 Å². The van der Waals surface area contributed by atoms with Gasteiger partial charge in [-0.1, -0.05) is 49.3 Å². The van der Waals surface area contributed by atoms with Crippen LogP contribution in [-0.2, 0) is 13.1 Å². The van der Waals surface area contributed by atoms with Crippen molar-refractivity contribution < 1.29 is 10.2 Å². The largest absolute Gasteiger partial charge is 0.508 e. The number of phenols is 2. The van der Waals surface area contributed by atoms with Gasteiger partial charge < -0.3 is 10.2 Å². The van der Waals surface area contributed by atoms with Gasteiger partial charge in [-0.05, 0) is 75.1 Å². The minimum atomic E-state index is 0.363. The molecule has 2 saturated heterocycles. The van der Waals surface area contributed by atoms with Crippen molar-refractivity contribution in [2.24, 2.45) is 0 Å². The maximum atomic E-state index is 10.5. The summed E-state index contributed by atoms with van der Waals surface area (Å²) in [7, 11) is 0. The van der Waals surface area contributed by atoms with Crippen LogP contribution in [0.1, 0.15) is 60.8 Å². The number of nitrogens with zero attached hydrogens (tertiary/aromatic N) is 2. The molecule has 4 rings (SSSR count). The highest BCUT2D eigenvalue weighted by Gasteiger charge is 2.13. The van der Waals surface area contributed by atoms with E-state index in [4.69, 9.17) is 0 Å². The van der Waals surface area contributed by atoms with Gasteiger partial charge in [0.1, 0.15) is 11.5 Å². The third kappa shape index (κ3) is 5.65. The Bertz CT molecular complexity index is 794. The van der Waals surface area contributed by atoms with Gasteiger partial charge in [0, 0.05) is 24.2 Å². The van der Waals surface area contributed by atoms with Crippen LogP contribution in [0.5, 0.6) is 11.5 Å². The molecule has 0 spiro atoms. The quantitative estimate of drug-likeness (QED) is 0.644. The van der Waals surface area contributed by atoms with Gasteiger partial charge >= 0.3 is 0 Å². The molecule has 4 heteroatoms. The highest BCUT2D eigenvalue weighted by molar-refractivity contribution is 5.71. The number of phenolic OH excluding ortho intramolecular Hbond substituents is 2. The molecular formula is C26H34N2O2. The third-order valence-electron chi connectivity index (χ3n) is 6.37. The zero-order valence-corrected chi connectivity index (χ0v) is 17.9. The first-order valence-corrected chi connectivity index (χ1v) is 11.4. The highest BCUT2D eigenvalue weighted by atomic mass is 16.3. The lowest BCUT2D eigenvalue weighted by molar-refractivity contribution is 0.218. The second-order valence-corrected chi connectivity index (χ2v) is 8.78. The van der Waals surface area contributed by atoms with Gasteiger partial charge in [0.15, 0.2) is 0 Å². The Morgan fingerprint density at radius 2 is 1.00 bits per heavy atom. The summed E-state index contributed by atoms with van der Waals surface area (Å²) in [6.07, 6.45) is 11.6. The molecule has 0 saturated carbocycles. The van der Waals surface area contributed by atoms with Gasteiger partial charge in [-0.2, -0.15) is 0 Å². The van der Waals surface area contributed by atoms with E-state index in [1.54, 1.807) is 0 Å². The van der Waals surface area contributed by atoms with Crippen molar-refractivity contribution in [1.29, 1.82) is 0 Å². The number of likely N-dealkylation sites (tertiary alicyclic amines) is 2. The number of hydrogen-bond acceptors (Lipinski definition) is 4. The number of benzene rings is 2. The summed E-state index contributed by atoms with van der Waals surface area (Å²) in [6, 6.07) is 11.8. The van der Waals surface area contributed by atoms with E-state index in [2.05, 4.69) is 21.9 Å². The molecule has 4 nitrogen and oxygen atoms in total. The van der Waals surface area contributed by atoms with Gasteiger partial charge in [-0.25, -0.2) is 0 Å². The molecule has 30 heavy (non-hydrogen) atoms. The van der Waals surface area contributed by atoms with Crippen LogP contribution in [-0.4, -0.2) is 46.2 Å². The van der Waals surface area contributed by atoms with Crippen LogP contribution in [0.2, 0.25) is 0 Å². The van der Waals surface area contributed by atoms with Crippen molar-refractivity contribution >= 4 is 12.2 Å². The maximum absolute atomic E-state index is 10.5. The van der Waals surface area contributed by atoms with E-state index in [9.17, 15) is 10.2 Å². The van der Waals surface area contributed by atoms with Crippen LogP contribution in [0.15, 0.2) is 36.4 Å². The highest BCUT2D eigenvalue weighted by Crippen LogP contribution is 2.25. The van der Waals surface area contributed by atoms with E-state index in [1.165, 1.54) is 38.5 Å². The molecular weight excluding hydrogens is 372 g/mol. The Morgan fingerprint density at radius 3 is 1.37 bits per heavy atom. The molecule has 2 heterocycles. The third-order valence-corrected chi connectivity index (χ3v) is 6.37. The summed E-state index contributed by atoms with van der Waals surface area (Å²) in [5.74, 6) is 0.727. The second kappa shape index (κ2) is 10.1. The summed E-state index contributed by atoms with van der Waals surface area (Å²) < 4.78 is 0. The molecule has 0 amide bonds. The molecule has 2 aromatic rings. The monoisotopic (exact) mass is 406 g/mol. The standard InChI is InChI=1S/C26H34N2O2/c29-25-17-21(9-11-23(25)19-27-13-3-1-4-14-27)7-8-22-10-12-24(26(30)18-22)20-28-15-5-2-6-16-28/h7-12,17-18,29-30H,1-6,13-16,19-20H2. The van der Waals surface area contributed by atoms with Crippen LogP contribution in [0.4, 0.5) is 0 Å². The normalized spacial score (nSPS) is 18.8. The van der Waals surface area contributed by atoms with E-state index >= 15 is 0 Å². The summed E-state index contributed by atoms with van der Waals surface area (Å²) in [5, 5.41) is 20.9. The Hall–Kier alpha value is -2.30. The van der Waals surface area contributed by atoms with Gasteiger partial charge in [0.2, 0.25) is 0 Å². The molecule has 0 atom stereocenters. The predicted molar refractivity (Wildman–Crippen MR) is 123 cm³/mol. The first-order valence-electron chi connectivity index (χ1n) is 11.4. The number of hydrogen-bond donors (Lipinski definition) is 2. The smallest absolute Gasteiger partial charge is 0.120 e. The predicted octanol–water partition coefficient (Wildman–Crippen LogP) is 5.24. The maximum Gasteiger partial charge on any atom is 0.120 e. The molecule has 0 bridgehead atoms. The van der Waals surface area contributed by atoms with E-state index in [0.29, 0.717) is 11.5 Å². The minimum absolute atomic E-state index is 0.363. The fourth-order valence-electron chi connectivity index (χ4n) is 4.55. The topological polar surface area (TPSA) is 46.9 Å². The number of rotatable bonds is 6. The van der Waals surface area contributed by atoms with Crippen molar-refractivity contribution in [1.82, 2.24) is 9.80 Å². The van der Waals surface area contributed by atoms with E-state index < -0.39 is 0 Å². The molecule has 0 radical (unpaired) electrons. The lowest BCUT2D eigenvalue weighted by atomic mass is 10.0. The SMILES string of the molecule is Oc1cc(C=Cc2ccc(CN3CCCCC3)c(O)c2)ccc1CN1CCCCC1. The van der Waals surface area contributed by atoms with E-state index in [-0.39, 0.29) is 0 Å². The summed E-state index contributed by atoms with van der Waals surface area (Å²) in [6.45, 7) is 6.14. The second-order valence-electron chi connectivity index (χ2n) is 8.78. The minimum Gasteiger partial charge on any atom is -0.508 e. The first kappa shape index (κ1) is 21.0. The van der Waals surface area contributed by atoms with Gasteiger partial charge in [-0.3, -0.25) is 9.80 Å². The molecule has 2 aromatic carbocycles. The van der Waals surface area contributed by atoms with Crippen molar-refractivity contribution in [2.45, 2.75) is 51.6 Å². The Labute approximate surface area is 180 Å². The molecule has 2 aliphatic heterocycles. The van der Waals surface area contributed by atoms with Crippen LogP contribution >= 0.6 is 0 Å². The average molecular weight is 407 g/mol. The molecule has 2 N–H and O–H groups in total. The van der Waals surface area contributed by atoms with E-state index in [0.717, 1.165) is 61.5 Å². The molecule has 2 fully saturated rings.